The molecule has 2 bridgehead atoms. The average molecular weight is 941 g/mol. The maximum atomic E-state index is 2.58. The quantitative estimate of drug-likeness (QED) is 0.127. The Bertz CT molecular complexity index is 3560. The molecule has 0 amide bonds. The first-order valence-corrected chi connectivity index (χ1v) is 26.4. The minimum atomic E-state index is -0.116. The highest BCUT2D eigenvalue weighted by atomic mass is 15.1. The van der Waals surface area contributed by atoms with Gasteiger partial charge >= 0.3 is 0 Å². The van der Waals surface area contributed by atoms with Gasteiger partial charge < -0.3 is 9.80 Å². The second-order valence-corrected chi connectivity index (χ2v) is 21.3. The second-order valence-electron chi connectivity index (χ2n) is 21.3. The van der Waals surface area contributed by atoms with E-state index in [1.165, 1.54) is 121 Å². The van der Waals surface area contributed by atoms with Crippen LogP contribution in [0.5, 0.6) is 0 Å². The Morgan fingerprint density at radius 2 is 0.849 bits per heavy atom. The SMILES string of the molecule is Cc1cccc2c1-c1ccc(N(c3ccc(-c4cc(-c5ccccc5)c(-c5ccc(N(c6ccccc6)c6ccccc6)cc5)cc4-c4ccccc4)cc3)c3ccccc3C3CC4CCC3C4)cc1C2(C)C. The minimum absolute atomic E-state index is 0.116. The van der Waals surface area contributed by atoms with Crippen molar-refractivity contribution in [2.24, 2.45) is 11.8 Å². The van der Waals surface area contributed by atoms with E-state index in [4.69, 9.17) is 0 Å². The summed E-state index contributed by atoms with van der Waals surface area (Å²) in [6.45, 7) is 7.08. The number of anilines is 6. The fraction of sp³-hybridized carbons (Fsp3) is 0.155. The van der Waals surface area contributed by atoms with Crippen LogP contribution in [0.15, 0.2) is 243 Å². The van der Waals surface area contributed by atoms with Crippen molar-refractivity contribution in [1.82, 2.24) is 0 Å². The van der Waals surface area contributed by atoms with E-state index in [1.54, 1.807) is 0 Å². The van der Waals surface area contributed by atoms with Gasteiger partial charge in [0.05, 0.1) is 0 Å². The van der Waals surface area contributed by atoms with E-state index in [0.29, 0.717) is 5.92 Å². The summed E-state index contributed by atoms with van der Waals surface area (Å²) in [7, 11) is 0. The van der Waals surface area contributed by atoms with Gasteiger partial charge in [0.25, 0.3) is 0 Å². The number of para-hydroxylation sites is 3. The van der Waals surface area contributed by atoms with Crippen molar-refractivity contribution in [3.8, 4) is 55.6 Å². The molecule has 73 heavy (non-hydrogen) atoms. The Hall–Kier alpha value is -8.20. The summed E-state index contributed by atoms with van der Waals surface area (Å²) >= 11 is 0. The van der Waals surface area contributed by atoms with Gasteiger partial charge in [-0.15, -0.1) is 0 Å². The Morgan fingerprint density at radius 3 is 1.38 bits per heavy atom. The summed E-state index contributed by atoms with van der Waals surface area (Å²) in [5.41, 5.74) is 24.9. The zero-order valence-corrected chi connectivity index (χ0v) is 42.0. The first-order chi connectivity index (χ1) is 35.9. The molecule has 2 heteroatoms. The normalized spacial score (nSPS) is 17.0. The van der Waals surface area contributed by atoms with E-state index in [0.717, 1.165) is 28.9 Å². The number of nitrogens with zero attached hydrogens (tertiary/aromatic N) is 2. The first kappa shape index (κ1) is 44.7. The van der Waals surface area contributed by atoms with E-state index >= 15 is 0 Å². The third kappa shape index (κ3) is 7.97. The molecule has 2 nitrogen and oxygen atoms in total. The average Bonchev–Trinajstić information content (AvgIpc) is 4.15. The van der Waals surface area contributed by atoms with Crippen LogP contribution < -0.4 is 9.80 Å². The second kappa shape index (κ2) is 18.4. The summed E-state index contributed by atoms with van der Waals surface area (Å²) in [6.07, 6.45) is 5.41. The van der Waals surface area contributed by atoms with Gasteiger partial charge in [0.15, 0.2) is 0 Å². The van der Waals surface area contributed by atoms with E-state index in [9.17, 15) is 0 Å². The number of hydrogen-bond acceptors (Lipinski definition) is 2. The molecule has 10 aromatic rings. The molecule has 13 rings (SSSR count). The van der Waals surface area contributed by atoms with Crippen molar-refractivity contribution in [3.63, 3.8) is 0 Å². The molecule has 3 aliphatic rings. The predicted octanol–water partition coefficient (Wildman–Crippen LogP) is 19.8. The largest absolute Gasteiger partial charge is 0.311 e. The van der Waals surface area contributed by atoms with Crippen LogP contribution in [0.2, 0.25) is 0 Å². The molecule has 2 saturated carbocycles. The molecule has 0 saturated heterocycles. The fourth-order valence-corrected chi connectivity index (χ4v) is 13.1. The Balaban J connectivity index is 0.945. The molecular weight excluding hydrogens is 881 g/mol. The standard InChI is InChI=1S/C71H60N2/c1-48-19-18-29-67-70(48)61-42-41-59(45-68(61)71(67,2)3)73(69-30-17-16-28-60(69)62-44-49-31-32-54(62)43-49)58-39-35-53(36-40-58)66-47-63(50-20-8-4-9-21-50)65(46-64(66)51-22-10-5-11-23-51)52-33-37-57(38-34-52)72(55-24-12-6-13-25-55)56-26-14-7-15-27-56/h4-30,33-42,45-47,49,54,62H,31-32,43-44H2,1-3H3. The number of aryl methyl sites for hydroxylation is 1. The maximum absolute atomic E-state index is 2.58. The van der Waals surface area contributed by atoms with Gasteiger partial charge in [0.2, 0.25) is 0 Å². The van der Waals surface area contributed by atoms with Crippen molar-refractivity contribution in [2.75, 3.05) is 9.80 Å². The third-order valence-electron chi connectivity index (χ3n) is 16.7. The van der Waals surface area contributed by atoms with Gasteiger partial charge in [-0.25, -0.2) is 0 Å². The van der Waals surface area contributed by atoms with E-state index < -0.39 is 0 Å². The Kier molecular flexibility index (Phi) is 11.3. The highest BCUT2D eigenvalue weighted by Crippen LogP contribution is 2.57. The molecule has 0 aromatic heterocycles. The molecule has 0 radical (unpaired) electrons. The molecule has 0 heterocycles. The molecule has 3 atom stereocenters. The lowest BCUT2D eigenvalue weighted by molar-refractivity contribution is 0.420. The molecule has 0 spiro atoms. The molecule has 0 N–H and O–H groups in total. The summed E-state index contributed by atoms with van der Waals surface area (Å²) < 4.78 is 0. The van der Waals surface area contributed by atoms with Crippen LogP contribution in [0, 0.1) is 18.8 Å². The first-order valence-electron chi connectivity index (χ1n) is 26.4. The third-order valence-corrected chi connectivity index (χ3v) is 16.7. The minimum Gasteiger partial charge on any atom is -0.311 e. The van der Waals surface area contributed by atoms with E-state index in [-0.39, 0.29) is 5.41 Å². The van der Waals surface area contributed by atoms with Crippen molar-refractivity contribution >= 4 is 34.1 Å². The summed E-state index contributed by atoms with van der Waals surface area (Å²) in [6, 6.07) is 90.1. The van der Waals surface area contributed by atoms with Gasteiger partial charge in [-0.05, 0) is 201 Å². The zero-order valence-electron chi connectivity index (χ0n) is 42.0. The van der Waals surface area contributed by atoms with Crippen LogP contribution in [0.25, 0.3) is 55.6 Å². The molecule has 3 unspecified atom stereocenters. The van der Waals surface area contributed by atoms with Crippen LogP contribution in [-0.2, 0) is 5.41 Å². The molecule has 0 aliphatic heterocycles. The molecule has 10 aromatic carbocycles. The van der Waals surface area contributed by atoms with Crippen molar-refractivity contribution in [2.45, 2.75) is 57.8 Å². The number of fused-ring (bicyclic) bond motifs is 5. The lowest BCUT2D eigenvalue weighted by Gasteiger charge is -2.32. The predicted molar refractivity (Wildman–Crippen MR) is 308 cm³/mol. The highest BCUT2D eigenvalue weighted by Gasteiger charge is 2.42. The molecule has 3 aliphatic carbocycles. The number of hydrogen-bond donors (Lipinski definition) is 0. The smallest absolute Gasteiger partial charge is 0.0496 e. The maximum Gasteiger partial charge on any atom is 0.0496 e. The molecule has 354 valence electrons. The van der Waals surface area contributed by atoms with Crippen LogP contribution in [0.1, 0.15) is 67.7 Å². The van der Waals surface area contributed by atoms with Crippen LogP contribution in [0.4, 0.5) is 34.1 Å². The number of benzene rings is 10. The number of rotatable bonds is 11. The Morgan fingerprint density at radius 1 is 0.370 bits per heavy atom. The van der Waals surface area contributed by atoms with Gasteiger partial charge in [0, 0.05) is 39.5 Å². The van der Waals surface area contributed by atoms with Crippen LogP contribution in [-0.4, -0.2) is 0 Å². The summed E-state index contributed by atoms with van der Waals surface area (Å²) in [4.78, 5) is 4.90. The van der Waals surface area contributed by atoms with E-state index in [1.807, 2.05) is 0 Å². The lowest BCUT2D eigenvalue weighted by atomic mass is 9.81. The van der Waals surface area contributed by atoms with Crippen molar-refractivity contribution < 1.29 is 0 Å². The van der Waals surface area contributed by atoms with Crippen LogP contribution in [0.3, 0.4) is 0 Å². The van der Waals surface area contributed by atoms with Gasteiger partial charge in [-0.2, -0.15) is 0 Å². The van der Waals surface area contributed by atoms with Crippen molar-refractivity contribution in [1.29, 1.82) is 0 Å². The Labute approximate surface area is 431 Å². The zero-order chi connectivity index (χ0) is 49.0. The summed E-state index contributed by atoms with van der Waals surface area (Å²) in [5, 5.41) is 0. The topological polar surface area (TPSA) is 6.48 Å². The fourth-order valence-electron chi connectivity index (χ4n) is 13.1. The van der Waals surface area contributed by atoms with Crippen LogP contribution >= 0.6 is 0 Å². The lowest BCUT2D eigenvalue weighted by Crippen LogP contribution is -2.18. The highest BCUT2D eigenvalue weighted by molar-refractivity contribution is 5.96. The van der Waals surface area contributed by atoms with Gasteiger partial charge in [-0.3, -0.25) is 0 Å². The van der Waals surface area contributed by atoms with Gasteiger partial charge in [-0.1, -0.05) is 184 Å². The van der Waals surface area contributed by atoms with Gasteiger partial charge in [0.1, 0.15) is 0 Å². The summed E-state index contributed by atoms with van der Waals surface area (Å²) in [5.74, 6) is 2.20. The monoisotopic (exact) mass is 940 g/mol. The van der Waals surface area contributed by atoms with E-state index in [2.05, 4.69) is 273 Å². The van der Waals surface area contributed by atoms with Crippen molar-refractivity contribution in [3.05, 3.63) is 265 Å². The molecule has 2 fully saturated rings. The molecular formula is C71H60N2.